The lowest BCUT2D eigenvalue weighted by Gasteiger charge is -2.60. The molecule has 4 aliphatic rings. The minimum Gasteiger partial charge on any atom is -0.550 e. The fourth-order valence-corrected chi connectivity index (χ4v) is 8.57. The minimum absolute atomic E-state index is 0.207. The molecule has 0 aromatic carbocycles. The van der Waals surface area contributed by atoms with Crippen molar-refractivity contribution in [3.63, 3.8) is 0 Å². The number of fused-ring (bicyclic) bond motifs is 5. The highest BCUT2D eigenvalue weighted by Gasteiger charge is 2.60. The SMILES string of the molecule is C[C@@H](CCC(=O)[O-])[C@H]1CC[C@@H]2[C@H]3CC[C@@H]4CC(=O)CC[C@]4(C)[C@@H]3CC[C@@]21C. The lowest BCUT2D eigenvalue weighted by Crippen LogP contribution is -2.53. The van der Waals surface area contributed by atoms with Gasteiger partial charge in [-0.25, -0.2) is 0 Å². The highest BCUT2D eigenvalue weighted by atomic mass is 16.4. The molecule has 0 aromatic rings. The number of carbonyl (C=O) groups excluding carboxylic acids is 2. The smallest absolute Gasteiger partial charge is 0.133 e. The third kappa shape index (κ3) is 3.08. The van der Waals surface area contributed by atoms with Gasteiger partial charge < -0.3 is 9.90 Å². The van der Waals surface area contributed by atoms with Crippen LogP contribution in [0.2, 0.25) is 0 Å². The van der Waals surface area contributed by atoms with Gasteiger partial charge in [0.2, 0.25) is 0 Å². The monoisotopic (exact) mass is 373 g/mol. The summed E-state index contributed by atoms with van der Waals surface area (Å²) >= 11 is 0. The van der Waals surface area contributed by atoms with Crippen LogP contribution in [0.3, 0.4) is 0 Å². The molecule has 4 fully saturated rings. The molecule has 152 valence electrons. The van der Waals surface area contributed by atoms with Gasteiger partial charge in [0, 0.05) is 18.8 Å². The number of rotatable bonds is 4. The molecule has 3 heteroatoms. The van der Waals surface area contributed by atoms with Gasteiger partial charge in [0.05, 0.1) is 0 Å². The molecule has 8 atom stereocenters. The number of carboxylic acids is 1. The number of ketones is 1. The number of hydrogen-bond donors (Lipinski definition) is 0. The molecule has 3 nitrogen and oxygen atoms in total. The predicted molar refractivity (Wildman–Crippen MR) is 104 cm³/mol. The van der Waals surface area contributed by atoms with Gasteiger partial charge in [-0.1, -0.05) is 20.8 Å². The number of carbonyl (C=O) groups is 2. The van der Waals surface area contributed by atoms with E-state index >= 15 is 0 Å². The van der Waals surface area contributed by atoms with E-state index in [0.717, 1.165) is 43.4 Å². The average molecular weight is 374 g/mol. The van der Waals surface area contributed by atoms with Gasteiger partial charge in [-0.3, -0.25) is 4.79 Å². The van der Waals surface area contributed by atoms with E-state index in [2.05, 4.69) is 20.8 Å². The summed E-state index contributed by atoms with van der Waals surface area (Å²) in [5.41, 5.74) is 0.775. The Bertz CT molecular complexity index is 613. The lowest BCUT2D eigenvalue weighted by molar-refractivity contribution is -0.306. The first kappa shape index (κ1) is 19.5. The quantitative estimate of drug-likeness (QED) is 0.735. The number of Topliss-reactive ketones (excluding diaryl/α,β-unsaturated/α-hetero) is 1. The van der Waals surface area contributed by atoms with Crippen LogP contribution in [0.25, 0.3) is 0 Å². The van der Waals surface area contributed by atoms with Crippen LogP contribution in [0, 0.1) is 46.3 Å². The largest absolute Gasteiger partial charge is 0.550 e. The second-order valence-electron chi connectivity index (χ2n) is 11.0. The maximum atomic E-state index is 12.0. The molecule has 0 radical (unpaired) electrons. The van der Waals surface area contributed by atoms with Crippen LogP contribution in [0.5, 0.6) is 0 Å². The second-order valence-corrected chi connectivity index (χ2v) is 11.0. The highest BCUT2D eigenvalue weighted by molar-refractivity contribution is 5.79. The zero-order valence-corrected chi connectivity index (χ0v) is 17.5. The molecule has 0 aromatic heterocycles. The molecule has 0 amide bonds. The molecule has 27 heavy (non-hydrogen) atoms. The minimum atomic E-state index is -0.900. The van der Waals surface area contributed by atoms with Gasteiger partial charge in [-0.2, -0.15) is 0 Å². The highest BCUT2D eigenvalue weighted by Crippen LogP contribution is 2.68. The van der Waals surface area contributed by atoms with Crippen molar-refractivity contribution in [3.8, 4) is 0 Å². The van der Waals surface area contributed by atoms with Crippen LogP contribution in [-0.4, -0.2) is 11.8 Å². The van der Waals surface area contributed by atoms with Gasteiger partial charge >= 0.3 is 0 Å². The van der Waals surface area contributed by atoms with E-state index in [1.54, 1.807) is 0 Å². The molecule has 0 aliphatic heterocycles. The molecule has 0 spiro atoms. The van der Waals surface area contributed by atoms with Gasteiger partial charge in [0.1, 0.15) is 5.78 Å². The fourth-order valence-electron chi connectivity index (χ4n) is 8.57. The van der Waals surface area contributed by atoms with Gasteiger partial charge in [0.15, 0.2) is 0 Å². The molecule has 0 unspecified atom stereocenters. The normalized spacial score (nSPS) is 47.7. The third-order valence-corrected chi connectivity index (χ3v) is 10.0. The molecule has 0 heterocycles. The van der Waals surface area contributed by atoms with E-state index in [1.807, 2.05) is 0 Å². The van der Waals surface area contributed by atoms with Crippen LogP contribution < -0.4 is 5.11 Å². The van der Waals surface area contributed by atoms with Gasteiger partial charge in [-0.05, 0) is 104 Å². The summed E-state index contributed by atoms with van der Waals surface area (Å²) in [6, 6.07) is 0. The molecular weight excluding hydrogens is 336 g/mol. The summed E-state index contributed by atoms with van der Waals surface area (Å²) in [6.45, 7) is 7.32. The zero-order valence-electron chi connectivity index (χ0n) is 17.5. The Kier molecular flexibility index (Phi) is 4.96. The van der Waals surface area contributed by atoms with E-state index < -0.39 is 5.97 Å². The molecule has 0 saturated heterocycles. The van der Waals surface area contributed by atoms with Crippen molar-refractivity contribution in [1.29, 1.82) is 0 Å². The molecule has 0 N–H and O–H groups in total. The van der Waals surface area contributed by atoms with Crippen LogP contribution in [0.4, 0.5) is 0 Å². The van der Waals surface area contributed by atoms with Crippen molar-refractivity contribution in [1.82, 2.24) is 0 Å². The Morgan fingerprint density at radius 2 is 1.81 bits per heavy atom. The first-order valence-corrected chi connectivity index (χ1v) is 11.5. The van der Waals surface area contributed by atoms with Crippen LogP contribution >= 0.6 is 0 Å². The van der Waals surface area contributed by atoms with Crippen molar-refractivity contribution >= 4 is 11.8 Å². The van der Waals surface area contributed by atoms with Crippen LogP contribution in [0.15, 0.2) is 0 Å². The Balaban J connectivity index is 1.52. The van der Waals surface area contributed by atoms with Crippen molar-refractivity contribution in [3.05, 3.63) is 0 Å². The Morgan fingerprint density at radius 1 is 1.07 bits per heavy atom. The topological polar surface area (TPSA) is 57.2 Å². The first-order chi connectivity index (χ1) is 12.8. The third-order valence-electron chi connectivity index (χ3n) is 10.0. The van der Waals surface area contributed by atoms with Gasteiger partial charge in [0.25, 0.3) is 0 Å². The van der Waals surface area contributed by atoms with E-state index in [0.29, 0.717) is 34.4 Å². The van der Waals surface area contributed by atoms with E-state index in [1.165, 1.54) is 38.5 Å². The maximum absolute atomic E-state index is 12.0. The summed E-state index contributed by atoms with van der Waals surface area (Å²) in [5, 5.41) is 10.9. The van der Waals surface area contributed by atoms with Crippen LogP contribution in [-0.2, 0) is 9.59 Å². The zero-order chi connectivity index (χ0) is 19.4. The Morgan fingerprint density at radius 3 is 2.56 bits per heavy atom. The van der Waals surface area contributed by atoms with E-state index in [-0.39, 0.29) is 6.42 Å². The maximum Gasteiger partial charge on any atom is 0.133 e. The van der Waals surface area contributed by atoms with Crippen molar-refractivity contribution in [2.45, 2.75) is 91.4 Å². The number of aliphatic carboxylic acids is 1. The average Bonchev–Trinajstić information content (AvgIpc) is 2.97. The number of carboxylic acid groups (broad SMARTS) is 1. The van der Waals surface area contributed by atoms with Crippen LogP contribution in [0.1, 0.15) is 91.4 Å². The Hall–Kier alpha value is -0.860. The van der Waals surface area contributed by atoms with E-state index in [4.69, 9.17) is 0 Å². The van der Waals surface area contributed by atoms with Gasteiger partial charge in [-0.15, -0.1) is 0 Å². The van der Waals surface area contributed by atoms with E-state index in [9.17, 15) is 14.7 Å². The standard InChI is InChI=1S/C24H38O3/c1-15(4-9-22(26)27)19-7-8-20-18-6-5-16-14-17(25)10-12-23(16,2)21(18)11-13-24(19,20)3/h15-16,18-21H,4-14H2,1-3H3,(H,26,27)/p-1/t15-,16+,18+,19+,20+,21+,23-,24+/m0/s1. The molecule has 0 bridgehead atoms. The molecular formula is C24H37O3-. The molecule has 4 rings (SSSR count). The Labute approximate surface area is 164 Å². The van der Waals surface area contributed by atoms with Crippen molar-refractivity contribution < 1.29 is 14.7 Å². The first-order valence-electron chi connectivity index (χ1n) is 11.5. The molecule has 4 saturated carbocycles. The second kappa shape index (κ2) is 6.88. The fraction of sp³-hybridized carbons (Fsp3) is 0.917. The van der Waals surface area contributed by atoms with Crippen molar-refractivity contribution in [2.75, 3.05) is 0 Å². The summed E-state index contributed by atoms with van der Waals surface area (Å²) < 4.78 is 0. The number of hydrogen-bond acceptors (Lipinski definition) is 3. The summed E-state index contributed by atoms with van der Waals surface area (Å²) in [4.78, 5) is 23.0. The summed E-state index contributed by atoms with van der Waals surface area (Å²) in [7, 11) is 0. The predicted octanol–water partition coefficient (Wildman–Crippen LogP) is 4.38. The summed E-state index contributed by atoms with van der Waals surface area (Å²) in [6.07, 6.45) is 11.5. The molecule has 4 aliphatic carbocycles. The van der Waals surface area contributed by atoms with Crippen molar-refractivity contribution in [2.24, 2.45) is 46.3 Å². The summed E-state index contributed by atoms with van der Waals surface area (Å²) in [5.74, 6) is 3.82. The lowest BCUT2D eigenvalue weighted by atomic mass is 9.44.